The van der Waals surface area contributed by atoms with Crippen LogP contribution in [0.3, 0.4) is 0 Å². The molecular formula is C20H19NO4. The summed E-state index contributed by atoms with van der Waals surface area (Å²) in [6.45, 7) is 3.49. The van der Waals surface area contributed by atoms with Crippen LogP contribution in [-0.4, -0.2) is 24.3 Å². The van der Waals surface area contributed by atoms with Gasteiger partial charge in [0.2, 0.25) is 5.91 Å². The Morgan fingerprint density at radius 3 is 2.44 bits per heavy atom. The minimum Gasteiger partial charge on any atom is -0.454 e. The third-order valence-electron chi connectivity index (χ3n) is 4.42. The van der Waals surface area contributed by atoms with E-state index in [0.29, 0.717) is 11.1 Å². The Morgan fingerprint density at radius 2 is 1.76 bits per heavy atom. The number of fused-ring (bicyclic) bond motifs is 1. The Balaban J connectivity index is 1.65. The van der Waals surface area contributed by atoms with Gasteiger partial charge >= 0.3 is 5.97 Å². The van der Waals surface area contributed by atoms with E-state index in [1.807, 2.05) is 19.1 Å². The number of carbonyl (C=O) groups is 3. The van der Waals surface area contributed by atoms with Crippen molar-refractivity contribution in [2.45, 2.75) is 26.2 Å². The van der Waals surface area contributed by atoms with Crippen molar-refractivity contribution in [2.24, 2.45) is 0 Å². The van der Waals surface area contributed by atoms with Crippen LogP contribution in [0.15, 0.2) is 42.5 Å². The number of Topliss-reactive ketones (excluding diaryl/α,β-unsaturated/α-hetero) is 1. The predicted molar refractivity (Wildman–Crippen MR) is 93.9 cm³/mol. The molecule has 0 radical (unpaired) electrons. The zero-order valence-electron chi connectivity index (χ0n) is 14.2. The Morgan fingerprint density at radius 1 is 1.08 bits per heavy atom. The van der Waals surface area contributed by atoms with Gasteiger partial charge in [-0.15, -0.1) is 0 Å². The summed E-state index contributed by atoms with van der Waals surface area (Å²) in [7, 11) is 0. The summed E-state index contributed by atoms with van der Waals surface area (Å²) in [5.41, 5.74) is 3.49. The lowest BCUT2D eigenvalue weighted by atomic mass is 9.99. The van der Waals surface area contributed by atoms with Crippen molar-refractivity contribution in [3.8, 4) is 0 Å². The maximum Gasteiger partial charge on any atom is 0.338 e. The van der Waals surface area contributed by atoms with Crippen LogP contribution in [0.2, 0.25) is 0 Å². The van der Waals surface area contributed by atoms with Gasteiger partial charge in [-0.2, -0.15) is 0 Å². The molecule has 1 amide bonds. The molecule has 1 N–H and O–H groups in total. The molecule has 0 saturated carbocycles. The van der Waals surface area contributed by atoms with Crippen LogP contribution in [0.1, 0.15) is 51.6 Å². The third kappa shape index (κ3) is 3.45. The summed E-state index contributed by atoms with van der Waals surface area (Å²) in [5.74, 6) is -1.20. The Kier molecular flexibility index (Phi) is 4.65. The molecule has 5 heteroatoms. The number of carbonyl (C=O) groups excluding carboxylic acids is 3. The Hall–Kier alpha value is -2.95. The topological polar surface area (TPSA) is 72.5 Å². The van der Waals surface area contributed by atoms with Crippen molar-refractivity contribution in [2.75, 3.05) is 11.9 Å². The molecule has 1 atom stereocenters. The van der Waals surface area contributed by atoms with Gasteiger partial charge in [0.15, 0.2) is 12.4 Å². The molecule has 3 rings (SSSR count). The van der Waals surface area contributed by atoms with Crippen LogP contribution < -0.4 is 5.32 Å². The maximum atomic E-state index is 12.3. The highest BCUT2D eigenvalue weighted by atomic mass is 16.5. The zero-order valence-corrected chi connectivity index (χ0v) is 14.2. The van der Waals surface area contributed by atoms with Gasteiger partial charge in [0, 0.05) is 11.3 Å². The van der Waals surface area contributed by atoms with E-state index in [0.717, 1.165) is 23.2 Å². The first-order valence-electron chi connectivity index (χ1n) is 8.23. The van der Waals surface area contributed by atoms with Gasteiger partial charge in [-0.05, 0) is 54.8 Å². The maximum absolute atomic E-state index is 12.3. The second kappa shape index (κ2) is 6.89. The number of ether oxygens (including phenoxy) is 1. The van der Waals surface area contributed by atoms with Gasteiger partial charge in [-0.25, -0.2) is 4.79 Å². The van der Waals surface area contributed by atoms with E-state index in [4.69, 9.17) is 4.74 Å². The molecule has 25 heavy (non-hydrogen) atoms. The summed E-state index contributed by atoms with van der Waals surface area (Å²) in [4.78, 5) is 36.0. The quantitative estimate of drug-likeness (QED) is 0.671. The highest BCUT2D eigenvalue weighted by Crippen LogP contribution is 2.32. The van der Waals surface area contributed by atoms with Crippen LogP contribution >= 0.6 is 0 Å². The summed E-state index contributed by atoms with van der Waals surface area (Å²) >= 11 is 0. The fourth-order valence-electron chi connectivity index (χ4n) is 2.76. The second-order valence-electron chi connectivity index (χ2n) is 6.06. The van der Waals surface area contributed by atoms with Gasteiger partial charge in [-0.1, -0.05) is 19.1 Å². The molecule has 2 aromatic rings. The number of anilines is 1. The minimum absolute atomic E-state index is 0.0819. The molecule has 0 spiro atoms. The number of benzene rings is 2. The van der Waals surface area contributed by atoms with E-state index in [-0.39, 0.29) is 24.2 Å². The number of ketones is 1. The molecule has 1 heterocycles. The monoisotopic (exact) mass is 337 g/mol. The number of amides is 1. The molecule has 0 bridgehead atoms. The molecule has 1 aliphatic heterocycles. The average molecular weight is 337 g/mol. The van der Waals surface area contributed by atoms with Crippen LogP contribution in [0.5, 0.6) is 0 Å². The van der Waals surface area contributed by atoms with E-state index in [1.165, 1.54) is 0 Å². The standard InChI is InChI=1S/C20H19NO4/c1-3-13-4-6-14(7-5-13)20(24)25-11-18(22)15-8-9-17-16(10-15)12(2)19(23)21-17/h4-10,12H,3,11H2,1-2H3,(H,21,23)/t12-/m0/s1. The van der Waals surface area contributed by atoms with E-state index in [1.54, 1.807) is 37.3 Å². The summed E-state index contributed by atoms with van der Waals surface area (Å²) in [6.07, 6.45) is 0.891. The smallest absolute Gasteiger partial charge is 0.338 e. The van der Waals surface area contributed by atoms with E-state index < -0.39 is 5.97 Å². The van der Waals surface area contributed by atoms with E-state index >= 15 is 0 Å². The van der Waals surface area contributed by atoms with Crippen LogP contribution in [0, 0.1) is 0 Å². The molecule has 128 valence electrons. The SMILES string of the molecule is CCc1ccc(C(=O)OCC(=O)c2ccc3c(c2)[C@H](C)C(=O)N3)cc1. The van der Waals surface area contributed by atoms with Crippen molar-refractivity contribution >= 4 is 23.3 Å². The molecule has 0 unspecified atom stereocenters. The minimum atomic E-state index is -0.526. The molecule has 1 aliphatic rings. The average Bonchev–Trinajstić information content (AvgIpc) is 2.93. The second-order valence-corrected chi connectivity index (χ2v) is 6.06. The highest BCUT2D eigenvalue weighted by Gasteiger charge is 2.27. The highest BCUT2D eigenvalue weighted by molar-refractivity contribution is 6.05. The first kappa shape index (κ1) is 16.9. The zero-order chi connectivity index (χ0) is 18.0. The fraction of sp³-hybridized carbons (Fsp3) is 0.250. The van der Waals surface area contributed by atoms with Crippen molar-refractivity contribution in [1.82, 2.24) is 0 Å². The number of esters is 1. The van der Waals surface area contributed by atoms with Crippen molar-refractivity contribution < 1.29 is 19.1 Å². The normalized spacial score (nSPS) is 15.4. The molecular weight excluding hydrogens is 318 g/mol. The Labute approximate surface area is 146 Å². The fourth-order valence-corrected chi connectivity index (χ4v) is 2.76. The lowest BCUT2D eigenvalue weighted by Gasteiger charge is -2.07. The van der Waals surface area contributed by atoms with E-state index in [2.05, 4.69) is 5.32 Å². The van der Waals surface area contributed by atoms with Gasteiger partial charge in [-0.3, -0.25) is 9.59 Å². The predicted octanol–water partition coefficient (Wildman–Crippen LogP) is 3.34. The molecule has 0 aliphatic carbocycles. The molecule has 2 aromatic carbocycles. The van der Waals surface area contributed by atoms with E-state index in [9.17, 15) is 14.4 Å². The molecule has 0 aromatic heterocycles. The van der Waals surface area contributed by atoms with Gasteiger partial charge < -0.3 is 10.1 Å². The first-order chi connectivity index (χ1) is 12.0. The Bertz CT molecular complexity index is 839. The number of hydrogen-bond donors (Lipinski definition) is 1. The van der Waals surface area contributed by atoms with Crippen LogP contribution in [0.4, 0.5) is 5.69 Å². The number of nitrogens with one attached hydrogen (secondary N) is 1. The van der Waals surface area contributed by atoms with Crippen molar-refractivity contribution in [1.29, 1.82) is 0 Å². The first-order valence-corrected chi connectivity index (χ1v) is 8.23. The number of hydrogen-bond acceptors (Lipinski definition) is 4. The van der Waals surface area contributed by atoms with Gasteiger partial charge in [0.1, 0.15) is 0 Å². The lowest BCUT2D eigenvalue weighted by molar-refractivity contribution is -0.116. The number of aryl methyl sites for hydroxylation is 1. The molecule has 0 saturated heterocycles. The molecule has 0 fully saturated rings. The van der Waals surface area contributed by atoms with Crippen molar-refractivity contribution in [3.63, 3.8) is 0 Å². The van der Waals surface area contributed by atoms with Gasteiger partial charge in [0.05, 0.1) is 11.5 Å². The summed E-state index contributed by atoms with van der Waals surface area (Å²) in [5, 5.41) is 2.76. The molecule has 5 nitrogen and oxygen atoms in total. The third-order valence-corrected chi connectivity index (χ3v) is 4.42. The summed E-state index contributed by atoms with van der Waals surface area (Å²) < 4.78 is 5.11. The lowest BCUT2D eigenvalue weighted by Crippen LogP contribution is -2.14. The van der Waals surface area contributed by atoms with Crippen LogP contribution in [0.25, 0.3) is 0 Å². The largest absolute Gasteiger partial charge is 0.454 e. The number of rotatable bonds is 5. The summed E-state index contributed by atoms with van der Waals surface area (Å²) in [6, 6.07) is 12.1. The van der Waals surface area contributed by atoms with Crippen LogP contribution in [-0.2, 0) is 16.0 Å². The van der Waals surface area contributed by atoms with Gasteiger partial charge in [0.25, 0.3) is 0 Å². The van der Waals surface area contributed by atoms with Crippen molar-refractivity contribution in [3.05, 3.63) is 64.7 Å².